The Morgan fingerprint density at radius 3 is 2.88 bits per heavy atom. The summed E-state index contributed by atoms with van der Waals surface area (Å²) in [5.74, 6) is 0. The molecule has 0 aliphatic carbocycles. The van der Waals surface area contributed by atoms with Crippen LogP contribution in [0.2, 0.25) is 0 Å². The van der Waals surface area contributed by atoms with E-state index in [9.17, 15) is 9.59 Å². The molecule has 2 aromatic rings. The van der Waals surface area contributed by atoms with Crippen LogP contribution in [0.1, 0.15) is 19.8 Å². The second kappa shape index (κ2) is 3.96. The number of rotatable bonds is 3. The lowest BCUT2D eigenvalue weighted by Gasteiger charge is -2.06. The fraction of sp³-hybridized carbons (Fsp3) is 0.500. The number of hydrogen-bond donors (Lipinski definition) is 1. The molecule has 0 saturated carbocycles. The number of aromatic nitrogens is 4. The maximum atomic E-state index is 11.7. The first-order valence-corrected chi connectivity index (χ1v) is 5.29. The van der Waals surface area contributed by atoms with Gasteiger partial charge in [-0.1, -0.05) is 13.3 Å². The van der Waals surface area contributed by atoms with Crippen molar-refractivity contribution in [3.8, 4) is 0 Å². The summed E-state index contributed by atoms with van der Waals surface area (Å²) in [4.78, 5) is 29.4. The lowest BCUT2D eigenvalue weighted by atomic mass is 10.3. The Balaban J connectivity index is 2.75. The van der Waals surface area contributed by atoms with Gasteiger partial charge in [-0.3, -0.25) is 14.3 Å². The highest BCUT2D eigenvalue weighted by Gasteiger charge is 2.10. The van der Waals surface area contributed by atoms with Crippen LogP contribution in [0.25, 0.3) is 11.2 Å². The highest BCUT2D eigenvalue weighted by atomic mass is 16.2. The average Bonchev–Trinajstić information content (AvgIpc) is 2.61. The van der Waals surface area contributed by atoms with E-state index in [0.29, 0.717) is 17.7 Å². The van der Waals surface area contributed by atoms with Crippen LogP contribution in [-0.4, -0.2) is 19.1 Å². The SMILES string of the molecule is CCCCn1c(=O)[nH]c(=O)c2ncn(C)c21. The summed E-state index contributed by atoms with van der Waals surface area (Å²) in [6.45, 7) is 2.65. The van der Waals surface area contributed by atoms with Crippen LogP contribution in [0.4, 0.5) is 0 Å². The molecular weight excluding hydrogens is 208 g/mol. The van der Waals surface area contributed by atoms with Gasteiger partial charge < -0.3 is 4.57 Å². The molecule has 0 fully saturated rings. The van der Waals surface area contributed by atoms with Gasteiger partial charge in [0.1, 0.15) is 5.65 Å². The van der Waals surface area contributed by atoms with Crippen molar-refractivity contribution in [2.75, 3.05) is 0 Å². The van der Waals surface area contributed by atoms with Gasteiger partial charge in [0.2, 0.25) is 0 Å². The molecule has 6 nitrogen and oxygen atoms in total. The molecule has 2 aromatic heterocycles. The second-order valence-corrected chi connectivity index (χ2v) is 3.79. The third-order valence-corrected chi connectivity index (χ3v) is 2.58. The zero-order chi connectivity index (χ0) is 11.7. The van der Waals surface area contributed by atoms with Crippen LogP contribution in [0, 0.1) is 0 Å². The van der Waals surface area contributed by atoms with E-state index in [4.69, 9.17) is 0 Å². The van der Waals surface area contributed by atoms with Crippen molar-refractivity contribution in [2.45, 2.75) is 26.3 Å². The topological polar surface area (TPSA) is 72.7 Å². The van der Waals surface area contributed by atoms with Gasteiger partial charge in [0.25, 0.3) is 5.56 Å². The summed E-state index contributed by atoms with van der Waals surface area (Å²) in [5, 5.41) is 0. The van der Waals surface area contributed by atoms with E-state index in [1.54, 1.807) is 22.5 Å². The maximum Gasteiger partial charge on any atom is 0.330 e. The lowest BCUT2D eigenvalue weighted by molar-refractivity contribution is 0.606. The van der Waals surface area contributed by atoms with Crippen molar-refractivity contribution in [3.05, 3.63) is 27.2 Å². The van der Waals surface area contributed by atoms with Crippen molar-refractivity contribution in [1.29, 1.82) is 0 Å². The van der Waals surface area contributed by atoms with Gasteiger partial charge in [-0.2, -0.15) is 0 Å². The van der Waals surface area contributed by atoms with Crippen LogP contribution in [0.15, 0.2) is 15.9 Å². The molecule has 1 N–H and O–H groups in total. The number of nitrogens with one attached hydrogen (secondary N) is 1. The van der Waals surface area contributed by atoms with Crippen molar-refractivity contribution in [1.82, 2.24) is 19.1 Å². The van der Waals surface area contributed by atoms with Gasteiger partial charge in [0.05, 0.1) is 6.33 Å². The molecule has 0 atom stereocenters. The number of aryl methyl sites for hydroxylation is 2. The summed E-state index contributed by atoms with van der Waals surface area (Å²) in [6.07, 6.45) is 3.43. The molecule has 0 aliphatic heterocycles. The van der Waals surface area contributed by atoms with Crippen LogP contribution in [-0.2, 0) is 13.6 Å². The Bertz CT molecular complexity index is 620. The largest absolute Gasteiger partial charge is 0.330 e. The number of unbranched alkanes of at least 4 members (excludes halogenated alkanes) is 1. The quantitative estimate of drug-likeness (QED) is 0.807. The third kappa shape index (κ3) is 1.56. The molecule has 0 saturated heterocycles. The number of H-pyrrole nitrogens is 1. The first-order valence-electron chi connectivity index (χ1n) is 5.29. The number of fused-ring (bicyclic) bond motifs is 1. The summed E-state index contributed by atoms with van der Waals surface area (Å²) in [5.41, 5.74) is 0.114. The van der Waals surface area contributed by atoms with E-state index in [1.165, 1.54) is 0 Å². The van der Waals surface area contributed by atoms with E-state index in [2.05, 4.69) is 16.9 Å². The highest BCUT2D eigenvalue weighted by molar-refractivity contribution is 5.69. The number of nitrogens with zero attached hydrogens (tertiary/aromatic N) is 3. The van der Waals surface area contributed by atoms with Gasteiger partial charge in [-0.15, -0.1) is 0 Å². The van der Waals surface area contributed by atoms with Gasteiger partial charge in [-0.05, 0) is 6.42 Å². The first-order chi connectivity index (χ1) is 7.65. The standard InChI is InChI=1S/C10H14N4O2/c1-3-4-5-14-9-7(11-6-13(9)2)8(15)12-10(14)16/h6H,3-5H2,1-2H3,(H,12,15,16). The predicted octanol–water partition coefficient (Wildman–Crippen LogP) is 0.223. The highest BCUT2D eigenvalue weighted by Crippen LogP contribution is 2.05. The first kappa shape index (κ1) is 10.7. The van der Waals surface area contributed by atoms with Crippen LogP contribution < -0.4 is 11.2 Å². The molecule has 86 valence electrons. The normalized spacial score (nSPS) is 11.1. The Kier molecular flexibility index (Phi) is 2.64. The van der Waals surface area contributed by atoms with Crippen molar-refractivity contribution in [3.63, 3.8) is 0 Å². The monoisotopic (exact) mass is 222 g/mol. The number of hydrogen-bond acceptors (Lipinski definition) is 3. The number of aromatic amines is 1. The zero-order valence-corrected chi connectivity index (χ0v) is 9.36. The van der Waals surface area contributed by atoms with E-state index in [-0.39, 0.29) is 5.69 Å². The zero-order valence-electron chi connectivity index (χ0n) is 9.36. The van der Waals surface area contributed by atoms with Crippen LogP contribution >= 0.6 is 0 Å². The van der Waals surface area contributed by atoms with Crippen molar-refractivity contribution < 1.29 is 0 Å². The van der Waals surface area contributed by atoms with Crippen molar-refractivity contribution in [2.24, 2.45) is 7.05 Å². The molecule has 0 amide bonds. The second-order valence-electron chi connectivity index (χ2n) is 3.79. The third-order valence-electron chi connectivity index (χ3n) is 2.58. The molecule has 0 unspecified atom stereocenters. The molecule has 0 aromatic carbocycles. The van der Waals surface area contributed by atoms with Crippen LogP contribution in [0.3, 0.4) is 0 Å². The summed E-state index contributed by atoms with van der Waals surface area (Å²) in [6, 6.07) is 0. The minimum atomic E-state index is -0.423. The lowest BCUT2D eigenvalue weighted by Crippen LogP contribution is -2.31. The van der Waals surface area contributed by atoms with Gasteiger partial charge in [-0.25, -0.2) is 9.78 Å². The summed E-state index contributed by atoms with van der Waals surface area (Å²) < 4.78 is 3.26. The minimum absolute atomic E-state index is 0.318. The average molecular weight is 222 g/mol. The number of imidazole rings is 1. The smallest absolute Gasteiger partial charge is 0.320 e. The maximum absolute atomic E-state index is 11.7. The fourth-order valence-corrected chi connectivity index (χ4v) is 1.75. The minimum Gasteiger partial charge on any atom is -0.320 e. The molecule has 6 heteroatoms. The Morgan fingerprint density at radius 1 is 1.44 bits per heavy atom. The van der Waals surface area contributed by atoms with E-state index in [1.807, 2.05) is 0 Å². The molecule has 0 aliphatic rings. The van der Waals surface area contributed by atoms with E-state index < -0.39 is 5.56 Å². The van der Waals surface area contributed by atoms with Gasteiger partial charge >= 0.3 is 5.69 Å². The Labute approximate surface area is 91.5 Å². The molecule has 0 radical (unpaired) electrons. The van der Waals surface area contributed by atoms with Gasteiger partial charge in [0.15, 0.2) is 5.52 Å². The Morgan fingerprint density at radius 2 is 2.19 bits per heavy atom. The molecule has 2 rings (SSSR count). The van der Waals surface area contributed by atoms with Crippen molar-refractivity contribution >= 4 is 11.2 Å². The molecule has 16 heavy (non-hydrogen) atoms. The van der Waals surface area contributed by atoms with Crippen LogP contribution in [0.5, 0.6) is 0 Å². The van der Waals surface area contributed by atoms with E-state index >= 15 is 0 Å². The summed E-state index contributed by atoms with van der Waals surface area (Å²) >= 11 is 0. The molecular formula is C10H14N4O2. The van der Waals surface area contributed by atoms with Gasteiger partial charge in [0, 0.05) is 13.6 Å². The van der Waals surface area contributed by atoms with E-state index in [0.717, 1.165) is 12.8 Å². The fourth-order valence-electron chi connectivity index (χ4n) is 1.75. The summed E-state index contributed by atoms with van der Waals surface area (Å²) in [7, 11) is 1.77. The molecule has 2 heterocycles. The Hall–Kier alpha value is -1.85. The molecule has 0 spiro atoms. The molecule has 0 bridgehead atoms. The predicted molar refractivity (Wildman–Crippen MR) is 60.5 cm³/mol.